The zero-order chi connectivity index (χ0) is 17.8. The number of benzene rings is 1. The molecule has 1 aliphatic heterocycles. The number of aliphatic carboxylic acids is 1. The van der Waals surface area contributed by atoms with Crippen molar-refractivity contribution in [2.24, 2.45) is 17.8 Å². The zero-order valence-corrected chi connectivity index (χ0v) is 14.6. The van der Waals surface area contributed by atoms with Crippen LogP contribution in [0.1, 0.15) is 31.7 Å². The second-order valence-electron chi connectivity index (χ2n) is 7.30. The van der Waals surface area contributed by atoms with Gasteiger partial charge in [0.2, 0.25) is 0 Å². The van der Waals surface area contributed by atoms with E-state index < -0.39 is 11.9 Å². The molecule has 6 heteroatoms. The van der Waals surface area contributed by atoms with Gasteiger partial charge in [0.15, 0.2) is 0 Å². The number of carbonyl (C=O) groups excluding carboxylic acids is 1. The second kappa shape index (κ2) is 7.76. The van der Waals surface area contributed by atoms with Crippen molar-refractivity contribution in [2.45, 2.75) is 32.7 Å². The van der Waals surface area contributed by atoms with Crippen molar-refractivity contribution in [3.05, 3.63) is 29.8 Å². The predicted octanol–water partition coefficient (Wildman–Crippen LogP) is 2.73. The Balaban J connectivity index is 1.55. The summed E-state index contributed by atoms with van der Waals surface area (Å²) in [4.78, 5) is 25.3. The van der Waals surface area contributed by atoms with E-state index in [1.54, 1.807) is 4.90 Å². The molecule has 1 heterocycles. The van der Waals surface area contributed by atoms with Gasteiger partial charge in [0.05, 0.1) is 12.5 Å². The van der Waals surface area contributed by atoms with E-state index in [-0.39, 0.29) is 18.5 Å². The number of para-hydroxylation sites is 1. The normalized spacial score (nSPS) is 23.2. The lowest BCUT2D eigenvalue weighted by Crippen LogP contribution is -2.49. The Bertz CT molecular complexity index is 630. The lowest BCUT2D eigenvalue weighted by molar-refractivity contribution is -0.143. The van der Waals surface area contributed by atoms with E-state index in [1.807, 2.05) is 31.2 Å². The first-order valence-electron chi connectivity index (χ1n) is 8.99. The molecule has 3 rings (SSSR count). The van der Waals surface area contributed by atoms with E-state index in [2.05, 4.69) is 5.32 Å². The van der Waals surface area contributed by atoms with Crippen LogP contribution in [-0.4, -0.2) is 41.7 Å². The average molecular weight is 346 g/mol. The van der Waals surface area contributed by atoms with Crippen molar-refractivity contribution in [3.8, 4) is 5.75 Å². The number of nitrogens with zero attached hydrogens (tertiary/aromatic N) is 1. The second-order valence-corrected chi connectivity index (χ2v) is 7.30. The highest BCUT2D eigenvalue weighted by atomic mass is 16.5. The molecule has 1 aromatic carbocycles. The maximum Gasteiger partial charge on any atom is 0.317 e. The standard InChI is InChI=1S/C19H26N2O4/c1-13-8-16(18(22)23)11-21(10-13)19(24)20-9-15-4-2-3-5-17(15)25-12-14-6-7-14/h2-5,13-14,16H,6-12H2,1H3,(H,20,24)(H,22,23). The number of nitrogens with one attached hydrogen (secondary N) is 1. The van der Waals surface area contributed by atoms with Crippen LogP contribution in [0.15, 0.2) is 24.3 Å². The molecule has 1 saturated heterocycles. The molecule has 1 aromatic rings. The van der Waals surface area contributed by atoms with Gasteiger partial charge in [0.25, 0.3) is 0 Å². The Morgan fingerprint density at radius 3 is 2.76 bits per heavy atom. The van der Waals surface area contributed by atoms with Crippen LogP contribution >= 0.6 is 0 Å². The predicted molar refractivity (Wildman–Crippen MR) is 93.4 cm³/mol. The number of urea groups is 1. The Morgan fingerprint density at radius 1 is 1.28 bits per heavy atom. The summed E-state index contributed by atoms with van der Waals surface area (Å²) in [6.07, 6.45) is 3.09. The number of carbonyl (C=O) groups is 2. The number of carboxylic acids is 1. The summed E-state index contributed by atoms with van der Waals surface area (Å²) < 4.78 is 5.86. The number of hydrogen-bond acceptors (Lipinski definition) is 3. The van der Waals surface area contributed by atoms with Gasteiger partial charge in [-0.2, -0.15) is 0 Å². The fourth-order valence-electron chi connectivity index (χ4n) is 3.26. The van der Waals surface area contributed by atoms with Crippen molar-refractivity contribution in [3.63, 3.8) is 0 Å². The van der Waals surface area contributed by atoms with Gasteiger partial charge in [0.1, 0.15) is 5.75 Å². The van der Waals surface area contributed by atoms with Gasteiger partial charge < -0.3 is 20.1 Å². The van der Waals surface area contributed by atoms with Crippen LogP contribution in [0.25, 0.3) is 0 Å². The van der Waals surface area contributed by atoms with Crippen molar-refractivity contribution in [1.82, 2.24) is 10.2 Å². The molecule has 2 unspecified atom stereocenters. The summed E-state index contributed by atoms with van der Waals surface area (Å²) in [7, 11) is 0. The molecule has 2 fully saturated rings. The highest BCUT2D eigenvalue weighted by molar-refractivity contribution is 5.76. The van der Waals surface area contributed by atoms with Gasteiger partial charge in [0, 0.05) is 25.2 Å². The summed E-state index contributed by atoms with van der Waals surface area (Å²) in [6.45, 7) is 3.95. The minimum Gasteiger partial charge on any atom is -0.493 e. The number of hydrogen-bond donors (Lipinski definition) is 2. The SMILES string of the molecule is CC1CC(C(=O)O)CN(C(=O)NCc2ccccc2OCC2CC2)C1. The van der Waals surface area contributed by atoms with E-state index in [1.165, 1.54) is 12.8 Å². The van der Waals surface area contributed by atoms with E-state index in [9.17, 15) is 14.7 Å². The molecular weight excluding hydrogens is 320 g/mol. The van der Waals surface area contributed by atoms with Crippen LogP contribution in [0.2, 0.25) is 0 Å². The molecule has 2 atom stereocenters. The topological polar surface area (TPSA) is 78.9 Å². The van der Waals surface area contributed by atoms with Gasteiger partial charge in [-0.3, -0.25) is 4.79 Å². The lowest BCUT2D eigenvalue weighted by atomic mass is 9.91. The lowest BCUT2D eigenvalue weighted by Gasteiger charge is -2.34. The highest BCUT2D eigenvalue weighted by Gasteiger charge is 2.31. The minimum atomic E-state index is -0.830. The maximum atomic E-state index is 12.5. The molecule has 2 aliphatic rings. The smallest absolute Gasteiger partial charge is 0.317 e. The molecule has 0 bridgehead atoms. The molecule has 2 N–H and O–H groups in total. The number of amides is 2. The number of rotatable bonds is 6. The van der Waals surface area contributed by atoms with Gasteiger partial charge in [-0.25, -0.2) is 4.79 Å². The summed E-state index contributed by atoms with van der Waals surface area (Å²) in [5.74, 6) is 0.358. The number of likely N-dealkylation sites (tertiary alicyclic amines) is 1. The van der Waals surface area contributed by atoms with E-state index in [4.69, 9.17) is 4.74 Å². The van der Waals surface area contributed by atoms with Crippen LogP contribution in [-0.2, 0) is 11.3 Å². The molecule has 1 aliphatic carbocycles. The molecule has 0 aromatic heterocycles. The quantitative estimate of drug-likeness (QED) is 0.830. The number of carboxylic acid groups (broad SMARTS) is 1. The van der Waals surface area contributed by atoms with Gasteiger partial charge in [-0.15, -0.1) is 0 Å². The first-order valence-corrected chi connectivity index (χ1v) is 8.99. The van der Waals surface area contributed by atoms with Crippen LogP contribution in [0.4, 0.5) is 4.79 Å². The molecule has 6 nitrogen and oxygen atoms in total. The van der Waals surface area contributed by atoms with Crippen molar-refractivity contribution in [1.29, 1.82) is 0 Å². The Hall–Kier alpha value is -2.24. The molecule has 0 radical (unpaired) electrons. The van der Waals surface area contributed by atoms with Crippen LogP contribution in [0.3, 0.4) is 0 Å². The van der Waals surface area contributed by atoms with E-state index in [0.29, 0.717) is 25.4 Å². The summed E-state index contributed by atoms with van der Waals surface area (Å²) in [5.41, 5.74) is 0.941. The van der Waals surface area contributed by atoms with Gasteiger partial charge in [-0.1, -0.05) is 25.1 Å². The fourth-order valence-corrected chi connectivity index (χ4v) is 3.26. The first kappa shape index (κ1) is 17.6. The number of ether oxygens (including phenoxy) is 1. The Labute approximate surface area is 148 Å². The fraction of sp³-hybridized carbons (Fsp3) is 0.579. The largest absolute Gasteiger partial charge is 0.493 e. The third-order valence-corrected chi connectivity index (χ3v) is 4.87. The monoisotopic (exact) mass is 346 g/mol. The van der Waals surface area contributed by atoms with Crippen molar-refractivity contribution < 1.29 is 19.4 Å². The van der Waals surface area contributed by atoms with Crippen LogP contribution < -0.4 is 10.1 Å². The average Bonchev–Trinajstić information content (AvgIpc) is 3.42. The third kappa shape index (κ3) is 4.87. The van der Waals surface area contributed by atoms with E-state index in [0.717, 1.165) is 17.9 Å². The summed E-state index contributed by atoms with van der Waals surface area (Å²) >= 11 is 0. The zero-order valence-electron chi connectivity index (χ0n) is 14.6. The third-order valence-electron chi connectivity index (χ3n) is 4.87. The molecule has 136 valence electrons. The molecule has 1 saturated carbocycles. The molecule has 2 amide bonds. The minimum absolute atomic E-state index is 0.190. The maximum absolute atomic E-state index is 12.5. The van der Waals surface area contributed by atoms with Crippen LogP contribution in [0.5, 0.6) is 5.75 Å². The number of piperidine rings is 1. The van der Waals surface area contributed by atoms with E-state index >= 15 is 0 Å². The molecular formula is C19H26N2O4. The molecule has 25 heavy (non-hydrogen) atoms. The summed E-state index contributed by atoms with van der Waals surface area (Å²) in [6, 6.07) is 7.51. The Kier molecular flexibility index (Phi) is 5.46. The van der Waals surface area contributed by atoms with Gasteiger partial charge >= 0.3 is 12.0 Å². The highest BCUT2D eigenvalue weighted by Crippen LogP contribution is 2.30. The van der Waals surface area contributed by atoms with Gasteiger partial charge in [-0.05, 0) is 37.2 Å². The summed E-state index contributed by atoms with van der Waals surface area (Å²) in [5, 5.41) is 12.1. The van der Waals surface area contributed by atoms with Crippen LogP contribution in [0, 0.1) is 17.8 Å². The first-order chi connectivity index (χ1) is 12.0. The van der Waals surface area contributed by atoms with Crippen molar-refractivity contribution >= 4 is 12.0 Å². The van der Waals surface area contributed by atoms with Crippen molar-refractivity contribution in [2.75, 3.05) is 19.7 Å². The Morgan fingerprint density at radius 2 is 2.04 bits per heavy atom. The molecule has 0 spiro atoms.